The highest BCUT2D eigenvalue weighted by atomic mass is 19.1. The van der Waals surface area contributed by atoms with E-state index in [0.29, 0.717) is 25.0 Å². The molecule has 1 aliphatic heterocycles. The lowest BCUT2D eigenvalue weighted by atomic mass is 9.85. The topological polar surface area (TPSA) is 35.6 Å². The summed E-state index contributed by atoms with van der Waals surface area (Å²) in [5, 5.41) is 3.28. The third-order valence-corrected chi connectivity index (χ3v) is 6.37. The Kier molecular flexibility index (Phi) is 5.36. The Labute approximate surface area is 166 Å². The highest BCUT2D eigenvalue weighted by molar-refractivity contribution is 5.76. The fraction of sp³-hybridized carbons (Fsp3) is 0.435. The van der Waals surface area contributed by atoms with Crippen LogP contribution in [0.1, 0.15) is 35.6 Å². The van der Waals surface area contributed by atoms with E-state index >= 15 is 0 Å². The van der Waals surface area contributed by atoms with Gasteiger partial charge in [0.15, 0.2) is 0 Å². The molecule has 4 nitrogen and oxygen atoms in total. The smallest absolute Gasteiger partial charge is 0.320 e. The van der Waals surface area contributed by atoms with E-state index in [0.717, 1.165) is 24.8 Å². The number of nitrogens with one attached hydrogen (secondary N) is 1. The maximum Gasteiger partial charge on any atom is 0.320 e. The van der Waals surface area contributed by atoms with Crippen molar-refractivity contribution in [3.8, 4) is 0 Å². The summed E-state index contributed by atoms with van der Waals surface area (Å²) < 4.78 is 13.3. The standard InChI is InChI=1S/C23H28FN3O/c1-25-19-14-20(15-19)26(2)23(28)27-12-11-17-5-3-4-6-21(17)22(27)13-16-7-9-18(24)10-8-16/h3-10,19-20,22,25H,11-15H2,1-2H3/t19-,20-,22-/m0/s1. The number of carbonyl (C=O) groups is 1. The Morgan fingerprint density at radius 2 is 1.89 bits per heavy atom. The molecule has 2 aliphatic rings. The lowest BCUT2D eigenvalue weighted by molar-refractivity contribution is 0.0917. The molecule has 1 aliphatic carbocycles. The maximum atomic E-state index is 13.4. The summed E-state index contributed by atoms with van der Waals surface area (Å²) >= 11 is 0. The quantitative estimate of drug-likeness (QED) is 0.875. The van der Waals surface area contributed by atoms with Crippen molar-refractivity contribution in [3.63, 3.8) is 0 Å². The lowest BCUT2D eigenvalue weighted by Crippen LogP contribution is -2.56. The predicted octanol–water partition coefficient (Wildman–Crippen LogP) is 3.77. The number of urea groups is 1. The molecule has 2 aromatic rings. The largest absolute Gasteiger partial charge is 0.325 e. The first-order chi connectivity index (χ1) is 13.6. The monoisotopic (exact) mass is 381 g/mol. The van der Waals surface area contributed by atoms with E-state index in [-0.39, 0.29) is 17.9 Å². The van der Waals surface area contributed by atoms with Gasteiger partial charge < -0.3 is 15.1 Å². The van der Waals surface area contributed by atoms with E-state index in [1.54, 1.807) is 0 Å². The van der Waals surface area contributed by atoms with E-state index in [2.05, 4.69) is 23.5 Å². The second kappa shape index (κ2) is 7.92. The highest BCUT2D eigenvalue weighted by Crippen LogP contribution is 2.34. The fourth-order valence-corrected chi connectivity index (χ4v) is 4.44. The van der Waals surface area contributed by atoms with E-state index < -0.39 is 0 Å². The highest BCUT2D eigenvalue weighted by Gasteiger charge is 2.38. The van der Waals surface area contributed by atoms with Crippen LogP contribution in [-0.2, 0) is 12.8 Å². The van der Waals surface area contributed by atoms with E-state index in [4.69, 9.17) is 0 Å². The fourth-order valence-electron chi connectivity index (χ4n) is 4.44. The van der Waals surface area contributed by atoms with Crippen LogP contribution in [0.4, 0.5) is 9.18 Å². The van der Waals surface area contributed by atoms with Gasteiger partial charge in [0.2, 0.25) is 0 Å². The number of carbonyl (C=O) groups excluding carboxylic acids is 1. The SMILES string of the molecule is CN[C@H]1C[C@H](N(C)C(=O)N2CCc3ccccc3[C@@H]2Cc2ccc(F)cc2)C1. The van der Waals surface area contributed by atoms with Gasteiger partial charge in [-0.05, 0) is 61.6 Å². The maximum absolute atomic E-state index is 13.4. The van der Waals surface area contributed by atoms with Crippen LogP contribution in [-0.4, -0.2) is 48.6 Å². The second-order valence-electron chi connectivity index (χ2n) is 7.99. The molecule has 1 heterocycles. The van der Waals surface area contributed by atoms with Crippen molar-refractivity contribution in [1.29, 1.82) is 0 Å². The molecular formula is C23H28FN3O. The normalized spacial score (nSPS) is 23.7. The Morgan fingerprint density at radius 1 is 1.18 bits per heavy atom. The van der Waals surface area contributed by atoms with E-state index in [1.807, 2.05) is 42.1 Å². The number of benzene rings is 2. The Morgan fingerprint density at radius 3 is 2.61 bits per heavy atom. The van der Waals surface area contributed by atoms with Crippen molar-refractivity contribution < 1.29 is 9.18 Å². The number of halogens is 1. The minimum atomic E-state index is -0.232. The Hall–Kier alpha value is -2.40. The Bertz CT molecular complexity index is 832. The molecule has 2 amide bonds. The zero-order chi connectivity index (χ0) is 19.7. The van der Waals surface area contributed by atoms with E-state index in [9.17, 15) is 9.18 Å². The van der Waals surface area contributed by atoms with Crippen LogP contribution in [0.2, 0.25) is 0 Å². The molecule has 4 rings (SSSR count). The van der Waals surface area contributed by atoms with Gasteiger partial charge in [-0.25, -0.2) is 9.18 Å². The van der Waals surface area contributed by atoms with Crippen LogP contribution in [0.3, 0.4) is 0 Å². The number of hydrogen-bond acceptors (Lipinski definition) is 2. The van der Waals surface area contributed by atoms with Gasteiger partial charge in [-0.1, -0.05) is 36.4 Å². The molecule has 1 fully saturated rings. The van der Waals surface area contributed by atoms with Crippen molar-refractivity contribution in [2.75, 3.05) is 20.6 Å². The van der Waals surface area contributed by atoms with Crippen LogP contribution < -0.4 is 5.32 Å². The molecule has 0 saturated heterocycles. The van der Waals surface area contributed by atoms with Crippen molar-refractivity contribution >= 4 is 6.03 Å². The summed E-state index contributed by atoms with van der Waals surface area (Å²) in [7, 11) is 3.90. The van der Waals surface area contributed by atoms with Crippen LogP contribution >= 0.6 is 0 Å². The molecule has 0 unspecified atom stereocenters. The second-order valence-corrected chi connectivity index (χ2v) is 7.99. The van der Waals surface area contributed by atoms with Gasteiger partial charge in [0.1, 0.15) is 5.82 Å². The van der Waals surface area contributed by atoms with Gasteiger partial charge in [0.25, 0.3) is 0 Å². The zero-order valence-electron chi connectivity index (χ0n) is 16.6. The summed E-state index contributed by atoms with van der Waals surface area (Å²) in [6, 6.07) is 15.9. The molecule has 148 valence electrons. The molecule has 1 atom stereocenters. The number of rotatable bonds is 4. The molecule has 1 saturated carbocycles. The lowest BCUT2D eigenvalue weighted by Gasteiger charge is -2.45. The summed E-state index contributed by atoms with van der Waals surface area (Å²) in [6.45, 7) is 0.716. The number of hydrogen-bond donors (Lipinski definition) is 1. The molecule has 2 aromatic carbocycles. The average molecular weight is 381 g/mol. The van der Waals surface area contributed by atoms with Crippen molar-refractivity contribution in [1.82, 2.24) is 15.1 Å². The molecule has 0 aromatic heterocycles. The van der Waals surface area contributed by atoms with Gasteiger partial charge in [-0.3, -0.25) is 0 Å². The van der Waals surface area contributed by atoms with Crippen LogP contribution in [0.15, 0.2) is 48.5 Å². The first-order valence-corrected chi connectivity index (χ1v) is 10.1. The molecule has 0 radical (unpaired) electrons. The number of fused-ring (bicyclic) bond motifs is 1. The van der Waals surface area contributed by atoms with Crippen molar-refractivity contribution in [2.24, 2.45) is 0 Å². The summed E-state index contributed by atoms with van der Waals surface area (Å²) in [6.07, 6.45) is 3.58. The Balaban J connectivity index is 1.58. The van der Waals surface area contributed by atoms with Crippen molar-refractivity contribution in [2.45, 2.75) is 43.8 Å². The molecule has 28 heavy (non-hydrogen) atoms. The zero-order valence-corrected chi connectivity index (χ0v) is 16.6. The first kappa shape index (κ1) is 18.9. The summed E-state index contributed by atoms with van der Waals surface area (Å²) in [5.74, 6) is -0.232. The minimum absolute atomic E-state index is 0.0227. The molecule has 0 bridgehead atoms. The third kappa shape index (κ3) is 3.63. The van der Waals surface area contributed by atoms with Gasteiger partial charge >= 0.3 is 6.03 Å². The number of amides is 2. The van der Waals surface area contributed by atoms with Crippen LogP contribution in [0.5, 0.6) is 0 Å². The van der Waals surface area contributed by atoms with Gasteiger partial charge in [-0.2, -0.15) is 0 Å². The average Bonchev–Trinajstić information content (AvgIpc) is 2.68. The molecular weight excluding hydrogens is 353 g/mol. The number of nitrogens with zero attached hydrogens (tertiary/aromatic N) is 2. The molecule has 0 spiro atoms. The van der Waals surface area contributed by atoms with E-state index in [1.165, 1.54) is 23.3 Å². The van der Waals surface area contributed by atoms with Gasteiger partial charge in [0.05, 0.1) is 6.04 Å². The summed E-state index contributed by atoms with van der Waals surface area (Å²) in [5.41, 5.74) is 3.56. The van der Waals surface area contributed by atoms with Gasteiger partial charge in [0, 0.05) is 25.7 Å². The molecule has 1 N–H and O–H groups in total. The first-order valence-electron chi connectivity index (χ1n) is 10.1. The molecule has 5 heteroatoms. The third-order valence-electron chi connectivity index (χ3n) is 6.37. The van der Waals surface area contributed by atoms with Crippen molar-refractivity contribution in [3.05, 3.63) is 71.0 Å². The predicted molar refractivity (Wildman–Crippen MR) is 109 cm³/mol. The van der Waals surface area contributed by atoms with Crippen LogP contribution in [0, 0.1) is 5.82 Å². The summed E-state index contributed by atoms with van der Waals surface area (Å²) in [4.78, 5) is 17.3. The minimum Gasteiger partial charge on any atom is -0.325 e. The van der Waals surface area contributed by atoms with Gasteiger partial charge in [-0.15, -0.1) is 0 Å². The van der Waals surface area contributed by atoms with Crippen LogP contribution in [0.25, 0.3) is 0 Å².